The van der Waals surface area contributed by atoms with Gasteiger partial charge in [0.05, 0.1) is 11.1 Å². The molecule has 1 aliphatic heterocycles. The van der Waals surface area contributed by atoms with Crippen LogP contribution in [0.15, 0.2) is 146 Å². The van der Waals surface area contributed by atoms with E-state index in [-0.39, 0.29) is 0 Å². The maximum absolute atomic E-state index is 6.78. The molecular weight excluding hydrogens is 498 g/mol. The molecule has 0 radical (unpaired) electrons. The van der Waals surface area contributed by atoms with Gasteiger partial charge in [-0.25, -0.2) is 0 Å². The van der Waals surface area contributed by atoms with E-state index in [1.165, 1.54) is 49.4 Å². The highest BCUT2D eigenvalue weighted by Crippen LogP contribution is 2.63. The van der Waals surface area contributed by atoms with Crippen molar-refractivity contribution < 1.29 is 4.74 Å². The van der Waals surface area contributed by atoms with Crippen LogP contribution < -0.4 is 10.1 Å². The first-order valence-corrected chi connectivity index (χ1v) is 14.1. The van der Waals surface area contributed by atoms with E-state index < -0.39 is 5.41 Å². The highest BCUT2D eigenvalue weighted by Gasteiger charge is 2.51. The maximum Gasteiger partial charge on any atom is 0.155 e. The van der Waals surface area contributed by atoms with E-state index in [1.54, 1.807) is 0 Å². The van der Waals surface area contributed by atoms with E-state index in [4.69, 9.17) is 4.74 Å². The van der Waals surface area contributed by atoms with Crippen LogP contribution in [-0.2, 0) is 5.41 Å². The minimum atomic E-state index is -0.461. The number of hydrogen-bond donors (Lipinski definition) is 1. The number of fused-ring (bicyclic) bond motifs is 12. The van der Waals surface area contributed by atoms with Crippen LogP contribution in [0.3, 0.4) is 0 Å². The zero-order valence-electron chi connectivity index (χ0n) is 22.3. The molecule has 0 amide bonds. The van der Waals surface area contributed by atoms with Crippen molar-refractivity contribution in [1.82, 2.24) is 0 Å². The van der Waals surface area contributed by atoms with E-state index >= 15 is 0 Å². The summed E-state index contributed by atoms with van der Waals surface area (Å²) in [5.74, 6) is 1.77. The van der Waals surface area contributed by atoms with E-state index in [1.807, 2.05) is 0 Å². The lowest BCUT2D eigenvalue weighted by Gasteiger charge is -2.40. The van der Waals surface area contributed by atoms with Crippen LogP contribution in [0.5, 0.6) is 11.5 Å². The molecule has 2 nitrogen and oxygen atoms in total. The molecule has 2 aliphatic rings. The summed E-state index contributed by atoms with van der Waals surface area (Å²) >= 11 is 0. The van der Waals surface area contributed by atoms with Gasteiger partial charge in [0.2, 0.25) is 0 Å². The fourth-order valence-corrected chi connectivity index (χ4v) is 7.22. The zero-order chi connectivity index (χ0) is 27.0. The Labute approximate surface area is 238 Å². The summed E-state index contributed by atoms with van der Waals surface area (Å²) in [6, 6.07) is 52.3. The number of nitrogens with one attached hydrogen (secondary N) is 1. The normalized spacial score (nSPS) is 13.8. The Morgan fingerprint density at radius 2 is 1.10 bits per heavy atom. The number of benzene rings is 7. The molecule has 7 aromatic carbocycles. The van der Waals surface area contributed by atoms with Crippen molar-refractivity contribution in [1.29, 1.82) is 0 Å². The van der Waals surface area contributed by atoms with Crippen LogP contribution >= 0.6 is 0 Å². The van der Waals surface area contributed by atoms with Crippen LogP contribution in [-0.4, -0.2) is 0 Å². The molecule has 2 heteroatoms. The summed E-state index contributed by atoms with van der Waals surface area (Å²) < 4.78 is 6.78. The fraction of sp³-hybridized carbons (Fsp3) is 0.0256. The average Bonchev–Trinajstić information content (AvgIpc) is 3.32. The second-order valence-electron chi connectivity index (χ2n) is 11.0. The van der Waals surface area contributed by atoms with Gasteiger partial charge in [0.15, 0.2) is 5.75 Å². The quantitative estimate of drug-likeness (QED) is 0.228. The summed E-state index contributed by atoms with van der Waals surface area (Å²) in [5.41, 5.74) is 9.03. The summed E-state index contributed by atoms with van der Waals surface area (Å²) in [4.78, 5) is 0. The van der Waals surface area contributed by atoms with E-state index in [0.29, 0.717) is 0 Å². The molecule has 0 bridgehead atoms. The predicted octanol–water partition coefficient (Wildman–Crippen LogP) is 10.2. The number of rotatable bonds is 2. The third kappa shape index (κ3) is 3.02. The van der Waals surface area contributed by atoms with Gasteiger partial charge in [-0.15, -0.1) is 0 Å². The molecular formula is C39H25NO. The van der Waals surface area contributed by atoms with Crippen molar-refractivity contribution >= 4 is 32.9 Å². The molecule has 0 saturated carbocycles. The van der Waals surface area contributed by atoms with Crippen molar-refractivity contribution in [3.8, 4) is 22.6 Å². The molecule has 1 spiro atoms. The molecule has 0 atom stereocenters. The molecule has 0 fully saturated rings. The largest absolute Gasteiger partial charge is 0.454 e. The smallest absolute Gasteiger partial charge is 0.155 e. The minimum absolute atomic E-state index is 0.461. The van der Waals surface area contributed by atoms with Crippen molar-refractivity contribution in [2.24, 2.45) is 0 Å². The predicted molar refractivity (Wildman–Crippen MR) is 169 cm³/mol. The van der Waals surface area contributed by atoms with Gasteiger partial charge in [-0.2, -0.15) is 0 Å². The Kier molecular flexibility index (Phi) is 4.57. The molecule has 0 saturated heterocycles. The Bertz CT molecular complexity index is 2130. The van der Waals surface area contributed by atoms with Crippen molar-refractivity contribution in [2.75, 3.05) is 5.32 Å². The second kappa shape index (κ2) is 8.33. The lowest BCUT2D eigenvalue weighted by molar-refractivity contribution is 0.438. The van der Waals surface area contributed by atoms with Crippen LogP contribution in [0.1, 0.15) is 22.3 Å². The SMILES string of the molecule is c1ccc2c(c1)Oc1c(Nc3ccc4c(ccc5ccccc54)c3)cccc1C21c2ccccc2-c2ccccc21. The van der Waals surface area contributed by atoms with Crippen molar-refractivity contribution in [2.45, 2.75) is 5.41 Å². The Morgan fingerprint density at radius 1 is 0.463 bits per heavy atom. The lowest BCUT2D eigenvalue weighted by atomic mass is 9.66. The highest BCUT2D eigenvalue weighted by atomic mass is 16.5. The van der Waals surface area contributed by atoms with E-state index in [9.17, 15) is 0 Å². The second-order valence-corrected chi connectivity index (χ2v) is 11.0. The first-order valence-electron chi connectivity index (χ1n) is 14.1. The van der Waals surface area contributed by atoms with Crippen LogP contribution in [0.2, 0.25) is 0 Å². The fourth-order valence-electron chi connectivity index (χ4n) is 7.22. The van der Waals surface area contributed by atoms with Gasteiger partial charge in [0.25, 0.3) is 0 Å². The average molecular weight is 524 g/mol. The lowest BCUT2D eigenvalue weighted by Crippen LogP contribution is -2.32. The van der Waals surface area contributed by atoms with Gasteiger partial charge in [0.1, 0.15) is 5.75 Å². The third-order valence-electron chi connectivity index (χ3n) is 8.90. The molecule has 41 heavy (non-hydrogen) atoms. The molecule has 9 rings (SSSR count). The van der Waals surface area contributed by atoms with Crippen molar-refractivity contribution in [3.63, 3.8) is 0 Å². The maximum atomic E-state index is 6.78. The topological polar surface area (TPSA) is 21.3 Å². The Balaban J connectivity index is 1.26. The monoisotopic (exact) mass is 523 g/mol. The van der Waals surface area contributed by atoms with E-state index in [2.05, 4.69) is 151 Å². The van der Waals surface area contributed by atoms with Gasteiger partial charge in [-0.3, -0.25) is 0 Å². The number of anilines is 2. The molecule has 7 aromatic rings. The zero-order valence-corrected chi connectivity index (χ0v) is 22.3. The van der Waals surface area contributed by atoms with Crippen LogP contribution in [0.25, 0.3) is 32.7 Å². The Morgan fingerprint density at radius 3 is 1.93 bits per heavy atom. The minimum Gasteiger partial charge on any atom is -0.454 e. The first kappa shape index (κ1) is 22.5. The standard InChI is InChI=1S/C39H25NO/c1-2-11-28-25(10-1)20-21-26-24-27(22-23-29(26)28)40-36-18-9-17-35-38(36)41-37-19-8-7-16-34(37)39(35)32-14-5-3-12-30(32)31-13-4-6-15-33(31)39/h1-24,40H. The van der Waals surface area contributed by atoms with Gasteiger partial charge < -0.3 is 10.1 Å². The summed E-state index contributed by atoms with van der Waals surface area (Å²) in [7, 11) is 0. The van der Waals surface area contributed by atoms with E-state index in [0.717, 1.165) is 28.4 Å². The third-order valence-corrected chi connectivity index (χ3v) is 8.90. The summed E-state index contributed by atoms with van der Waals surface area (Å²) in [6.45, 7) is 0. The molecule has 1 aliphatic carbocycles. The number of ether oxygens (including phenoxy) is 1. The molecule has 0 aromatic heterocycles. The Hall–Kier alpha value is -5.34. The van der Waals surface area contributed by atoms with Gasteiger partial charge in [0, 0.05) is 16.8 Å². The van der Waals surface area contributed by atoms with Crippen LogP contribution in [0, 0.1) is 0 Å². The molecule has 1 heterocycles. The number of para-hydroxylation sites is 2. The summed E-state index contributed by atoms with van der Waals surface area (Å²) in [5, 5.41) is 8.73. The van der Waals surface area contributed by atoms with Crippen molar-refractivity contribution in [3.05, 3.63) is 168 Å². The molecule has 0 unspecified atom stereocenters. The molecule has 1 N–H and O–H groups in total. The van der Waals surface area contributed by atoms with Gasteiger partial charge in [-0.05, 0) is 68.1 Å². The highest BCUT2D eigenvalue weighted by molar-refractivity contribution is 6.08. The van der Waals surface area contributed by atoms with Gasteiger partial charge >= 0.3 is 0 Å². The van der Waals surface area contributed by atoms with Crippen LogP contribution in [0.4, 0.5) is 11.4 Å². The van der Waals surface area contributed by atoms with Gasteiger partial charge in [-0.1, -0.05) is 121 Å². The summed E-state index contributed by atoms with van der Waals surface area (Å²) in [6.07, 6.45) is 0. The number of hydrogen-bond acceptors (Lipinski definition) is 2. The molecule has 192 valence electrons. The first-order chi connectivity index (χ1) is 20.3.